The highest BCUT2D eigenvalue weighted by atomic mass is 35.5. The zero-order valence-corrected chi connectivity index (χ0v) is 12.9. The van der Waals surface area contributed by atoms with Crippen LogP contribution >= 0.6 is 11.6 Å². The summed E-state index contributed by atoms with van der Waals surface area (Å²) in [5.74, 6) is 0. The largest absolute Gasteiger partial charge is 0.387 e. The number of nitrogens with one attached hydrogen (secondary N) is 1. The lowest BCUT2D eigenvalue weighted by Crippen LogP contribution is -2.49. The fourth-order valence-corrected chi connectivity index (χ4v) is 3.32. The number of morpholine rings is 1. The SMILES string of the molecule is OC(CNCC1CN2CCCC2CO1)c1ccc(Cl)cc1. The van der Waals surface area contributed by atoms with Crippen LogP contribution in [0.3, 0.4) is 0 Å². The van der Waals surface area contributed by atoms with Gasteiger partial charge in [-0.15, -0.1) is 0 Å². The van der Waals surface area contributed by atoms with Crippen LogP contribution in [0, 0.1) is 0 Å². The first-order chi connectivity index (χ1) is 10.2. The van der Waals surface area contributed by atoms with E-state index in [0.717, 1.165) is 25.3 Å². The van der Waals surface area contributed by atoms with Crippen molar-refractivity contribution in [2.24, 2.45) is 0 Å². The van der Waals surface area contributed by atoms with E-state index in [4.69, 9.17) is 16.3 Å². The maximum absolute atomic E-state index is 10.1. The molecule has 0 aliphatic carbocycles. The molecule has 2 saturated heterocycles. The van der Waals surface area contributed by atoms with Gasteiger partial charge in [-0.3, -0.25) is 4.90 Å². The van der Waals surface area contributed by atoms with Crippen LogP contribution in [0.4, 0.5) is 0 Å². The fraction of sp³-hybridized carbons (Fsp3) is 0.625. The Morgan fingerprint density at radius 2 is 2.19 bits per heavy atom. The summed E-state index contributed by atoms with van der Waals surface area (Å²) in [6.07, 6.45) is 2.29. The van der Waals surface area contributed by atoms with Gasteiger partial charge >= 0.3 is 0 Å². The molecule has 2 fully saturated rings. The van der Waals surface area contributed by atoms with Gasteiger partial charge in [0.1, 0.15) is 0 Å². The van der Waals surface area contributed by atoms with Gasteiger partial charge in [0, 0.05) is 30.7 Å². The smallest absolute Gasteiger partial charge is 0.0914 e. The van der Waals surface area contributed by atoms with E-state index in [9.17, 15) is 5.11 Å². The molecule has 5 heteroatoms. The fourth-order valence-electron chi connectivity index (χ4n) is 3.19. The standard InChI is InChI=1S/C16H23ClN2O2/c17-13-5-3-12(4-6-13)16(20)9-18-8-15-10-19-7-1-2-14(19)11-21-15/h3-6,14-16,18,20H,1-2,7-11H2. The van der Waals surface area contributed by atoms with E-state index in [2.05, 4.69) is 10.2 Å². The van der Waals surface area contributed by atoms with Crippen LogP contribution < -0.4 is 5.32 Å². The van der Waals surface area contributed by atoms with Gasteiger partial charge in [0.05, 0.1) is 18.8 Å². The number of nitrogens with zero attached hydrogens (tertiary/aromatic N) is 1. The summed E-state index contributed by atoms with van der Waals surface area (Å²) < 4.78 is 5.89. The molecule has 1 aromatic rings. The molecule has 0 bridgehead atoms. The second-order valence-corrected chi connectivity index (χ2v) is 6.41. The van der Waals surface area contributed by atoms with E-state index in [1.165, 1.54) is 19.4 Å². The van der Waals surface area contributed by atoms with E-state index in [-0.39, 0.29) is 6.10 Å². The minimum absolute atomic E-state index is 0.233. The molecular formula is C16H23ClN2O2. The Kier molecular flexibility index (Phi) is 5.14. The molecule has 4 nitrogen and oxygen atoms in total. The number of rotatable bonds is 5. The molecule has 2 heterocycles. The van der Waals surface area contributed by atoms with Crippen LogP contribution in [-0.2, 0) is 4.74 Å². The van der Waals surface area contributed by atoms with Crippen molar-refractivity contribution in [1.29, 1.82) is 0 Å². The molecule has 3 rings (SSSR count). The second kappa shape index (κ2) is 7.07. The van der Waals surface area contributed by atoms with Gasteiger partial charge in [0.15, 0.2) is 0 Å². The molecule has 3 unspecified atom stereocenters. The summed E-state index contributed by atoms with van der Waals surface area (Å²) >= 11 is 5.85. The van der Waals surface area contributed by atoms with Gasteiger partial charge in [-0.05, 0) is 37.1 Å². The van der Waals surface area contributed by atoms with Crippen LogP contribution in [0.5, 0.6) is 0 Å². The van der Waals surface area contributed by atoms with Crippen molar-refractivity contribution in [3.8, 4) is 0 Å². The van der Waals surface area contributed by atoms with E-state index < -0.39 is 6.10 Å². The van der Waals surface area contributed by atoms with Crippen molar-refractivity contribution in [2.75, 3.05) is 32.8 Å². The summed E-state index contributed by atoms with van der Waals surface area (Å²) in [6, 6.07) is 7.97. The molecule has 3 atom stereocenters. The lowest BCUT2D eigenvalue weighted by molar-refractivity contribution is -0.0476. The molecule has 2 aliphatic rings. The van der Waals surface area contributed by atoms with Gasteiger partial charge in [-0.25, -0.2) is 0 Å². The maximum Gasteiger partial charge on any atom is 0.0914 e. The van der Waals surface area contributed by atoms with E-state index in [1.54, 1.807) is 12.1 Å². The number of aliphatic hydroxyl groups excluding tert-OH is 1. The van der Waals surface area contributed by atoms with Crippen molar-refractivity contribution in [1.82, 2.24) is 10.2 Å². The number of ether oxygens (including phenoxy) is 1. The van der Waals surface area contributed by atoms with Gasteiger partial charge in [0.25, 0.3) is 0 Å². The van der Waals surface area contributed by atoms with E-state index in [1.807, 2.05) is 12.1 Å². The average molecular weight is 311 g/mol. The Balaban J connectivity index is 1.40. The van der Waals surface area contributed by atoms with Crippen LogP contribution in [-0.4, -0.2) is 54.9 Å². The predicted octanol–water partition coefficient (Wildman–Crippen LogP) is 1.83. The summed E-state index contributed by atoms with van der Waals surface area (Å²) in [4.78, 5) is 2.53. The van der Waals surface area contributed by atoms with Crippen molar-refractivity contribution in [2.45, 2.75) is 31.1 Å². The summed E-state index contributed by atoms with van der Waals surface area (Å²) in [5, 5.41) is 14.1. The molecule has 1 aromatic carbocycles. The van der Waals surface area contributed by atoms with Gasteiger partial charge < -0.3 is 15.2 Å². The van der Waals surface area contributed by atoms with E-state index in [0.29, 0.717) is 17.6 Å². The van der Waals surface area contributed by atoms with Crippen LogP contribution in [0.1, 0.15) is 24.5 Å². The normalized spacial score (nSPS) is 27.5. The quantitative estimate of drug-likeness (QED) is 0.871. The zero-order chi connectivity index (χ0) is 14.7. The molecule has 0 saturated carbocycles. The lowest BCUT2D eigenvalue weighted by atomic mass is 10.1. The molecule has 2 aliphatic heterocycles. The maximum atomic E-state index is 10.1. The zero-order valence-electron chi connectivity index (χ0n) is 12.2. The third-order valence-electron chi connectivity index (χ3n) is 4.43. The molecule has 0 spiro atoms. The third-order valence-corrected chi connectivity index (χ3v) is 4.68. The van der Waals surface area contributed by atoms with Crippen molar-refractivity contribution in [3.63, 3.8) is 0 Å². The number of hydrogen-bond acceptors (Lipinski definition) is 4. The predicted molar refractivity (Wildman–Crippen MR) is 83.6 cm³/mol. The molecule has 116 valence electrons. The Hall–Kier alpha value is -0.650. The Labute approximate surface area is 131 Å². The molecule has 0 amide bonds. The van der Waals surface area contributed by atoms with Gasteiger partial charge in [0.2, 0.25) is 0 Å². The van der Waals surface area contributed by atoms with Crippen LogP contribution in [0.25, 0.3) is 0 Å². The Morgan fingerprint density at radius 1 is 1.38 bits per heavy atom. The molecule has 0 radical (unpaired) electrons. The van der Waals surface area contributed by atoms with Crippen molar-refractivity contribution in [3.05, 3.63) is 34.9 Å². The van der Waals surface area contributed by atoms with Crippen molar-refractivity contribution < 1.29 is 9.84 Å². The number of aliphatic hydroxyl groups is 1. The van der Waals surface area contributed by atoms with Gasteiger partial charge in [-0.1, -0.05) is 23.7 Å². The highest BCUT2D eigenvalue weighted by molar-refractivity contribution is 6.30. The molecular weight excluding hydrogens is 288 g/mol. The third kappa shape index (κ3) is 3.96. The molecule has 2 N–H and O–H groups in total. The number of benzene rings is 1. The lowest BCUT2D eigenvalue weighted by Gasteiger charge is -2.35. The first kappa shape index (κ1) is 15.3. The van der Waals surface area contributed by atoms with E-state index >= 15 is 0 Å². The van der Waals surface area contributed by atoms with Gasteiger partial charge in [-0.2, -0.15) is 0 Å². The minimum atomic E-state index is -0.509. The van der Waals surface area contributed by atoms with Crippen LogP contribution in [0.2, 0.25) is 5.02 Å². The summed E-state index contributed by atoms with van der Waals surface area (Å²) in [7, 11) is 0. The number of hydrogen-bond donors (Lipinski definition) is 2. The number of halogens is 1. The Bertz CT molecular complexity index is 454. The second-order valence-electron chi connectivity index (χ2n) is 5.97. The van der Waals surface area contributed by atoms with Crippen molar-refractivity contribution >= 4 is 11.6 Å². The highest BCUT2D eigenvalue weighted by Crippen LogP contribution is 2.22. The number of fused-ring (bicyclic) bond motifs is 1. The minimum Gasteiger partial charge on any atom is -0.387 e. The molecule has 21 heavy (non-hydrogen) atoms. The first-order valence-corrected chi connectivity index (χ1v) is 8.10. The molecule has 0 aromatic heterocycles. The summed E-state index contributed by atoms with van der Waals surface area (Å²) in [5.41, 5.74) is 0.885. The average Bonchev–Trinajstić information content (AvgIpc) is 2.95. The first-order valence-electron chi connectivity index (χ1n) is 7.72. The topological polar surface area (TPSA) is 44.7 Å². The summed E-state index contributed by atoms with van der Waals surface area (Å²) in [6.45, 7) is 4.39. The van der Waals surface area contributed by atoms with Crippen LogP contribution in [0.15, 0.2) is 24.3 Å². The Morgan fingerprint density at radius 3 is 3.00 bits per heavy atom. The monoisotopic (exact) mass is 310 g/mol. The highest BCUT2D eigenvalue weighted by Gasteiger charge is 2.31.